The van der Waals surface area contributed by atoms with Crippen LogP contribution in [0, 0.1) is 11.3 Å². The molecule has 16 heavy (non-hydrogen) atoms. The van der Waals surface area contributed by atoms with Gasteiger partial charge < -0.3 is 10.5 Å². The Morgan fingerprint density at radius 1 is 1.44 bits per heavy atom. The summed E-state index contributed by atoms with van der Waals surface area (Å²) in [6.07, 6.45) is 0. The molecule has 86 valence electrons. The van der Waals surface area contributed by atoms with Gasteiger partial charge in [0, 0.05) is 17.5 Å². The highest BCUT2D eigenvalue weighted by Crippen LogP contribution is 2.12. The molecule has 0 saturated carbocycles. The fourth-order valence-corrected chi connectivity index (χ4v) is 1.85. The van der Waals surface area contributed by atoms with Crippen LogP contribution in [-0.4, -0.2) is 24.2 Å². The lowest BCUT2D eigenvalue weighted by Gasteiger charge is -2.07. The van der Waals surface area contributed by atoms with Crippen LogP contribution >= 0.6 is 11.8 Å². The Balaban J connectivity index is 2.20. The standard InChI is InChI=1S/C12H16N2OS/c1-10(14)9-16-7-6-15-12-4-2-11(8-13)3-5-12/h2-5,10H,6-7,9,14H2,1H3. The molecule has 1 aromatic carbocycles. The van der Waals surface area contributed by atoms with Crippen LogP contribution in [-0.2, 0) is 0 Å². The number of nitrogens with zero attached hydrogens (tertiary/aromatic N) is 1. The van der Waals surface area contributed by atoms with Gasteiger partial charge in [-0.15, -0.1) is 0 Å². The number of nitrogens with two attached hydrogens (primary N) is 1. The molecule has 0 spiro atoms. The molecule has 0 aliphatic heterocycles. The smallest absolute Gasteiger partial charge is 0.119 e. The predicted octanol–water partition coefficient (Wildman–Crippen LogP) is 2.02. The Kier molecular flexibility index (Phi) is 5.76. The SMILES string of the molecule is CC(N)CSCCOc1ccc(C#N)cc1. The Labute approximate surface area is 101 Å². The second-order valence-electron chi connectivity index (χ2n) is 3.54. The van der Waals surface area contributed by atoms with Gasteiger partial charge in [0.15, 0.2) is 0 Å². The van der Waals surface area contributed by atoms with Crippen molar-refractivity contribution in [2.24, 2.45) is 5.73 Å². The van der Waals surface area contributed by atoms with E-state index in [1.165, 1.54) is 0 Å². The summed E-state index contributed by atoms with van der Waals surface area (Å²) in [5, 5.41) is 8.62. The van der Waals surface area contributed by atoms with E-state index in [9.17, 15) is 0 Å². The summed E-state index contributed by atoms with van der Waals surface area (Å²) in [4.78, 5) is 0. The molecule has 0 aromatic heterocycles. The predicted molar refractivity (Wildman–Crippen MR) is 67.6 cm³/mol. The van der Waals surface area contributed by atoms with E-state index in [2.05, 4.69) is 6.07 Å². The summed E-state index contributed by atoms with van der Waals surface area (Å²) >= 11 is 1.79. The number of thioether (sulfide) groups is 1. The molecule has 1 atom stereocenters. The molecule has 1 rings (SSSR count). The molecule has 0 bridgehead atoms. The first-order chi connectivity index (χ1) is 7.72. The third-order valence-electron chi connectivity index (χ3n) is 1.86. The average Bonchev–Trinajstić information content (AvgIpc) is 2.29. The maximum absolute atomic E-state index is 8.62. The number of benzene rings is 1. The third kappa shape index (κ3) is 5.06. The van der Waals surface area contributed by atoms with Gasteiger partial charge in [-0.2, -0.15) is 17.0 Å². The van der Waals surface area contributed by atoms with Crippen LogP contribution in [0.3, 0.4) is 0 Å². The summed E-state index contributed by atoms with van der Waals surface area (Å²) in [6.45, 7) is 2.66. The van der Waals surface area contributed by atoms with E-state index in [1.54, 1.807) is 23.9 Å². The highest BCUT2D eigenvalue weighted by Gasteiger charge is 1.96. The third-order valence-corrected chi connectivity index (χ3v) is 3.08. The molecule has 0 aliphatic rings. The molecule has 0 fully saturated rings. The highest BCUT2D eigenvalue weighted by molar-refractivity contribution is 7.99. The van der Waals surface area contributed by atoms with E-state index in [0.29, 0.717) is 12.2 Å². The molecule has 1 aromatic rings. The lowest BCUT2D eigenvalue weighted by atomic mass is 10.2. The van der Waals surface area contributed by atoms with Crippen LogP contribution < -0.4 is 10.5 Å². The number of nitriles is 1. The zero-order chi connectivity index (χ0) is 11.8. The summed E-state index contributed by atoms with van der Waals surface area (Å²) in [6, 6.07) is 9.44. The molecule has 0 amide bonds. The fourth-order valence-electron chi connectivity index (χ4n) is 1.11. The van der Waals surface area contributed by atoms with Crippen molar-refractivity contribution < 1.29 is 4.74 Å². The number of hydrogen-bond acceptors (Lipinski definition) is 4. The molecule has 0 saturated heterocycles. The lowest BCUT2D eigenvalue weighted by molar-refractivity contribution is 0.344. The normalized spacial score (nSPS) is 11.8. The Hall–Kier alpha value is -1.18. The summed E-state index contributed by atoms with van der Waals surface area (Å²) in [7, 11) is 0. The van der Waals surface area contributed by atoms with E-state index < -0.39 is 0 Å². The van der Waals surface area contributed by atoms with E-state index >= 15 is 0 Å². The van der Waals surface area contributed by atoms with Crippen molar-refractivity contribution >= 4 is 11.8 Å². The van der Waals surface area contributed by atoms with Crippen LogP contribution in [0.15, 0.2) is 24.3 Å². The molecule has 0 aliphatic carbocycles. The van der Waals surface area contributed by atoms with Crippen LogP contribution in [0.5, 0.6) is 5.75 Å². The minimum absolute atomic E-state index is 0.236. The zero-order valence-electron chi connectivity index (χ0n) is 9.35. The number of hydrogen-bond donors (Lipinski definition) is 1. The first-order valence-electron chi connectivity index (χ1n) is 5.18. The molecule has 2 N–H and O–H groups in total. The number of ether oxygens (including phenoxy) is 1. The summed E-state index contributed by atoms with van der Waals surface area (Å²) in [5.74, 6) is 2.69. The number of rotatable bonds is 6. The van der Waals surface area contributed by atoms with Gasteiger partial charge in [0.1, 0.15) is 5.75 Å². The van der Waals surface area contributed by atoms with Gasteiger partial charge in [0.05, 0.1) is 18.2 Å². The van der Waals surface area contributed by atoms with Crippen molar-refractivity contribution in [3.63, 3.8) is 0 Å². The monoisotopic (exact) mass is 236 g/mol. The molecule has 3 nitrogen and oxygen atoms in total. The van der Waals surface area contributed by atoms with Crippen molar-refractivity contribution in [3.8, 4) is 11.8 Å². The summed E-state index contributed by atoms with van der Waals surface area (Å²) < 4.78 is 5.52. The molecular weight excluding hydrogens is 220 g/mol. The molecule has 0 radical (unpaired) electrons. The van der Waals surface area contributed by atoms with Gasteiger partial charge in [0.25, 0.3) is 0 Å². The molecule has 1 unspecified atom stereocenters. The van der Waals surface area contributed by atoms with Crippen molar-refractivity contribution in [1.82, 2.24) is 0 Å². The van der Waals surface area contributed by atoms with Crippen LogP contribution in [0.1, 0.15) is 12.5 Å². The van der Waals surface area contributed by atoms with Crippen molar-refractivity contribution in [2.45, 2.75) is 13.0 Å². The van der Waals surface area contributed by atoms with Gasteiger partial charge in [-0.25, -0.2) is 0 Å². The Morgan fingerprint density at radius 2 is 2.12 bits per heavy atom. The van der Waals surface area contributed by atoms with E-state index in [-0.39, 0.29) is 6.04 Å². The van der Waals surface area contributed by atoms with E-state index in [4.69, 9.17) is 15.7 Å². The fraction of sp³-hybridized carbons (Fsp3) is 0.417. The van der Waals surface area contributed by atoms with E-state index in [0.717, 1.165) is 17.3 Å². The summed E-state index contributed by atoms with van der Waals surface area (Å²) in [5.41, 5.74) is 6.28. The van der Waals surface area contributed by atoms with Gasteiger partial charge in [-0.1, -0.05) is 0 Å². The van der Waals surface area contributed by atoms with Crippen molar-refractivity contribution in [3.05, 3.63) is 29.8 Å². The topological polar surface area (TPSA) is 59.0 Å². The minimum Gasteiger partial charge on any atom is -0.493 e. The second kappa shape index (κ2) is 7.15. The van der Waals surface area contributed by atoms with Crippen molar-refractivity contribution in [1.29, 1.82) is 5.26 Å². The lowest BCUT2D eigenvalue weighted by Crippen LogP contribution is -2.18. The maximum atomic E-state index is 8.62. The maximum Gasteiger partial charge on any atom is 0.119 e. The zero-order valence-corrected chi connectivity index (χ0v) is 10.2. The van der Waals surface area contributed by atoms with Gasteiger partial charge >= 0.3 is 0 Å². The quantitative estimate of drug-likeness (QED) is 0.768. The van der Waals surface area contributed by atoms with Gasteiger partial charge in [-0.3, -0.25) is 0 Å². The van der Waals surface area contributed by atoms with Gasteiger partial charge in [-0.05, 0) is 31.2 Å². The van der Waals surface area contributed by atoms with Crippen LogP contribution in [0.2, 0.25) is 0 Å². The Morgan fingerprint density at radius 3 is 2.69 bits per heavy atom. The first kappa shape index (κ1) is 12.9. The molecule has 0 heterocycles. The van der Waals surface area contributed by atoms with Crippen LogP contribution in [0.4, 0.5) is 0 Å². The molecule has 4 heteroatoms. The molecular formula is C12H16N2OS. The second-order valence-corrected chi connectivity index (χ2v) is 4.69. The average molecular weight is 236 g/mol. The minimum atomic E-state index is 0.236. The first-order valence-corrected chi connectivity index (χ1v) is 6.34. The van der Waals surface area contributed by atoms with Crippen LogP contribution in [0.25, 0.3) is 0 Å². The van der Waals surface area contributed by atoms with Crippen molar-refractivity contribution in [2.75, 3.05) is 18.1 Å². The largest absolute Gasteiger partial charge is 0.493 e. The Bertz CT molecular complexity index is 343. The highest BCUT2D eigenvalue weighted by atomic mass is 32.2. The van der Waals surface area contributed by atoms with Gasteiger partial charge in [0.2, 0.25) is 0 Å². The van der Waals surface area contributed by atoms with E-state index in [1.807, 2.05) is 19.1 Å².